The Morgan fingerprint density at radius 3 is 2.67 bits per heavy atom. The topological polar surface area (TPSA) is 69.3 Å². The van der Waals surface area contributed by atoms with Gasteiger partial charge in [0.2, 0.25) is 5.91 Å². The Kier molecular flexibility index (Phi) is 4.45. The molecule has 1 spiro atoms. The minimum atomic E-state index is -0.362. The van der Waals surface area contributed by atoms with E-state index < -0.39 is 0 Å². The van der Waals surface area contributed by atoms with Gasteiger partial charge in [0.05, 0.1) is 5.69 Å². The monoisotopic (exact) mass is 370 g/mol. The third-order valence-electron chi connectivity index (χ3n) is 5.94. The first-order valence-electron chi connectivity index (χ1n) is 9.31. The number of benzene rings is 1. The molecule has 0 bridgehead atoms. The second kappa shape index (κ2) is 6.79. The summed E-state index contributed by atoms with van der Waals surface area (Å²) in [4.78, 5) is 28.2. The standard InChI is InChI=1S/C20H23FN4O2/c1-24-13-20(7-6-18(24)26)8-10-25(11-9-20)19(27)17-12-16(22-23-17)14-4-2-3-5-15(14)21/h2-5,12H,6-11,13H2,1H3,(H,22,23). The summed E-state index contributed by atoms with van der Waals surface area (Å²) in [6.45, 7) is 2.10. The Bertz CT molecular complexity index is 870. The Balaban J connectivity index is 1.43. The molecule has 0 saturated carbocycles. The summed E-state index contributed by atoms with van der Waals surface area (Å²) in [5.74, 6) is -0.267. The normalized spacial score (nSPS) is 19.6. The maximum absolute atomic E-state index is 13.9. The Hall–Kier alpha value is -2.70. The molecule has 2 amide bonds. The van der Waals surface area contributed by atoms with Crippen LogP contribution in [0, 0.1) is 11.2 Å². The molecule has 0 aliphatic carbocycles. The van der Waals surface area contributed by atoms with Crippen LogP contribution in [0.4, 0.5) is 4.39 Å². The number of nitrogens with zero attached hydrogens (tertiary/aromatic N) is 3. The number of halogens is 1. The average Bonchev–Trinajstić information content (AvgIpc) is 3.15. The summed E-state index contributed by atoms with van der Waals surface area (Å²) in [5.41, 5.74) is 1.31. The van der Waals surface area contributed by atoms with Crippen molar-refractivity contribution in [1.29, 1.82) is 0 Å². The quantitative estimate of drug-likeness (QED) is 0.884. The lowest BCUT2D eigenvalue weighted by atomic mass is 9.72. The van der Waals surface area contributed by atoms with E-state index in [4.69, 9.17) is 0 Å². The zero-order valence-corrected chi connectivity index (χ0v) is 15.4. The number of hydrogen-bond acceptors (Lipinski definition) is 3. The predicted molar refractivity (Wildman–Crippen MR) is 98.4 cm³/mol. The Morgan fingerprint density at radius 1 is 1.22 bits per heavy atom. The first-order valence-corrected chi connectivity index (χ1v) is 9.31. The first kappa shape index (κ1) is 17.7. The van der Waals surface area contributed by atoms with Crippen LogP contribution >= 0.6 is 0 Å². The number of H-pyrrole nitrogens is 1. The molecule has 2 saturated heterocycles. The van der Waals surface area contributed by atoms with Gasteiger partial charge < -0.3 is 9.80 Å². The molecule has 4 rings (SSSR count). The van der Waals surface area contributed by atoms with Crippen molar-refractivity contribution in [3.8, 4) is 11.3 Å². The van der Waals surface area contributed by atoms with Crippen LogP contribution in [0.25, 0.3) is 11.3 Å². The minimum Gasteiger partial charge on any atom is -0.345 e. The third-order valence-corrected chi connectivity index (χ3v) is 5.94. The molecular weight excluding hydrogens is 347 g/mol. The molecule has 27 heavy (non-hydrogen) atoms. The number of likely N-dealkylation sites (tertiary alicyclic amines) is 2. The smallest absolute Gasteiger partial charge is 0.271 e. The van der Waals surface area contributed by atoms with E-state index in [1.54, 1.807) is 24.3 Å². The Labute approximate surface area is 157 Å². The van der Waals surface area contributed by atoms with Gasteiger partial charge in [-0.1, -0.05) is 12.1 Å². The van der Waals surface area contributed by atoms with Crippen molar-refractivity contribution in [1.82, 2.24) is 20.0 Å². The number of nitrogens with one attached hydrogen (secondary N) is 1. The van der Waals surface area contributed by atoms with E-state index in [9.17, 15) is 14.0 Å². The van der Waals surface area contributed by atoms with Crippen LogP contribution in [0.1, 0.15) is 36.2 Å². The van der Waals surface area contributed by atoms with Crippen molar-refractivity contribution < 1.29 is 14.0 Å². The molecule has 1 N–H and O–H groups in total. The van der Waals surface area contributed by atoms with Crippen molar-refractivity contribution in [2.24, 2.45) is 5.41 Å². The summed E-state index contributed by atoms with van der Waals surface area (Å²) in [7, 11) is 1.86. The summed E-state index contributed by atoms with van der Waals surface area (Å²) >= 11 is 0. The first-order chi connectivity index (χ1) is 13.0. The molecular formula is C20H23FN4O2. The second-order valence-corrected chi connectivity index (χ2v) is 7.69. The summed E-state index contributed by atoms with van der Waals surface area (Å²) in [6.07, 6.45) is 3.28. The van der Waals surface area contributed by atoms with E-state index >= 15 is 0 Å². The van der Waals surface area contributed by atoms with Gasteiger partial charge in [-0.25, -0.2) is 4.39 Å². The fraction of sp³-hybridized carbons (Fsp3) is 0.450. The molecule has 0 atom stereocenters. The number of aromatic nitrogens is 2. The van der Waals surface area contributed by atoms with Crippen LogP contribution in [0.5, 0.6) is 0 Å². The van der Waals surface area contributed by atoms with Gasteiger partial charge in [0, 0.05) is 38.7 Å². The molecule has 6 nitrogen and oxygen atoms in total. The lowest BCUT2D eigenvalue weighted by Gasteiger charge is -2.46. The van der Waals surface area contributed by atoms with E-state index in [0.29, 0.717) is 36.5 Å². The van der Waals surface area contributed by atoms with Crippen LogP contribution in [-0.2, 0) is 4.79 Å². The summed E-state index contributed by atoms with van der Waals surface area (Å²) in [6, 6.07) is 7.99. The van der Waals surface area contributed by atoms with Crippen LogP contribution in [0.2, 0.25) is 0 Å². The van der Waals surface area contributed by atoms with Gasteiger partial charge in [-0.2, -0.15) is 5.10 Å². The molecule has 2 aromatic rings. The molecule has 7 heteroatoms. The minimum absolute atomic E-state index is 0.111. The van der Waals surface area contributed by atoms with Gasteiger partial charge in [-0.15, -0.1) is 0 Å². The molecule has 2 fully saturated rings. The molecule has 142 valence electrons. The summed E-state index contributed by atoms with van der Waals surface area (Å²) < 4.78 is 13.9. The zero-order valence-electron chi connectivity index (χ0n) is 15.4. The van der Waals surface area contributed by atoms with Crippen molar-refractivity contribution >= 4 is 11.8 Å². The lowest BCUT2D eigenvalue weighted by molar-refractivity contribution is -0.137. The van der Waals surface area contributed by atoms with E-state index in [0.717, 1.165) is 25.8 Å². The fourth-order valence-corrected chi connectivity index (χ4v) is 4.23. The molecule has 2 aliphatic heterocycles. The number of carbonyl (C=O) groups is 2. The van der Waals surface area contributed by atoms with Gasteiger partial charge in [0.25, 0.3) is 5.91 Å². The van der Waals surface area contributed by atoms with Crippen molar-refractivity contribution in [3.05, 3.63) is 41.8 Å². The van der Waals surface area contributed by atoms with Crippen molar-refractivity contribution in [3.63, 3.8) is 0 Å². The van der Waals surface area contributed by atoms with Gasteiger partial charge in [-0.05, 0) is 42.9 Å². The lowest BCUT2D eigenvalue weighted by Crippen LogP contribution is -2.51. The number of rotatable bonds is 2. The fourth-order valence-electron chi connectivity index (χ4n) is 4.23. The van der Waals surface area contributed by atoms with Crippen LogP contribution in [-0.4, -0.2) is 58.5 Å². The highest BCUT2D eigenvalue weighted by Crippen LogP contribution is 2.40. The number of hydrogen-bond donors (Lipinski definition) is 1. The average molecular weight is 370 g/mol. The maximum atomic E-state index is 13.9. The molecule has 1 aromatic heterocycles. The van der Waals surface area contributed by atoms with Gasteiger partial charge >= 0.3 is 0 Å². The molecule has 2 aliphatic rings. The van der Waals surface area contributed by atoms with Crippen LogP contribution in [0.15, 0.2) is 30.3 Å². The van der Waals surface area contributed by atoms with Gasteiger partial charge in [0.15, 0.2) is 0 Å². The highest BCUT2D eigenvalue weighted by molar-refractivity contribution is 5.93. The zero-order chi connectivity index (χ0) is 19.0. The van der Waals surface area contributed by atoms with Crippen LogP contribution < -0.4 is 0 Å². The third kappa shape index (κ3) is 3.34. The van der Waals surface area contributed by atoms with E-state index in [2.05, 4.69) is 10.2 Å². The second-order valence-electron chi connectivity index (χ2n) is 7.69. The molecule has 0 radical (unpaired) electrons. The maximum Gasteiger partial charge on any atom is 0.271 e. The van der Waals surface area contributed by atoms with Crippen LogP contribution in [0.3, 0.4) is 0 Å². The van der Waals surface area contributed by atoms with E-state index in [-0.39, 0.29) is 23.0 Å². The Morgan fingerprint density at radius 2 is 1.96 bits per heavy atom. The van der Waals surface area contributed by atoms with Crippen molar-refractivity contribution in [2.45, 2.75) is 25.7 Å². The number of amides is 2. The predicted octanol–water partition coefficient (Wildman–Crippen LogP) is 2.69. The highest BCUT2D eigenvalue weighted by atomic mass is 19.1. The van der Waals surface area contributed by atoms with E-state index in [1.165, 1.54) is 6.07 Å². The van der Waals surface area contributed by atoms with Crippen molar-refractivity contribution in [2.75, 3.05) is 26.7 Å². The van der Waals surface area contributed by atoms with Gasteiger partial charge in [-0.3, -0.25) is 14.7 Å². The largest absolute Gasteiger partial charge is 0.345 e. The number of aromatic amines is 1. The molecule has 1 aromatic carbocycles. The SMILES string of the molecule is CN1CC2(CCC1=O)CCN(C(=O)c1cc(-c3ccccc3F)n[nH]1)CC2. The van der Waals surface area contributed by atoms with E-state index in [1.807, 2.05) is 16.8 Å². The summed E-state index contributed by atoms with van der Waals surface area (Å²) in [5, 5.41) is 6.86. The number of piperidine rings is 2. The molecule has 0 unspecified atom stereocenters. The highest BCUT2D eigenvalue weighted by Gasteiger charge is 2.40. The number of carbonyl (C=O) groups excluding carboxylic acids is 2. The molecule has 3 heterocycles. The van der Waals surface area contributed by atoms with Gasteiger partial charge in [0.1, 0.15) is 11.5 Å².